The Kier molecular flexibility index (Phi) is 6.48. The average molecular weight is 313 g/mol. The number of hydrogen-bond acceptors (Lipinski definition) is 3. The zero-order valence-corrected chi connectivity index (χ0v) is 13.7. The zero-order valence-electron chi connectivity index (χ0n) is 13.7. The molecule has 4 heteroatoms. The molecule has 122 valence electrons. The van der Waals surface area contributed by atoms with Gasteiger partial charge >= 0.3 is 0 Å². The quantitative estimate of drug-likeness (QED) is 0.799. The van der Waals surface area contributed by atoms with Gasteiger partial charge in [-0.3, -0.25) is 4.79 Å². The van der Waals surface area contributed by atoms with Crippen LogP contribution in [0.2, 0.25) is 0 Å². The first-order valence-electron chi connectivity index (χ1n) is 7.87. The molecule has 0 unspecified atom stereocenters. The lowest BCUT2D eigenvalue weighted by molar-refractivity contribution is -0.118. The highest BCUT2D eigenvalue weighted by Gasteiger charge is 2.07. The van der Waals surface area contributed by atoms with E-state index in [1.807, 2.05) is 36.4 Å². The van der Waals surface area contributed by atoms with E-state index in [1.165, 1.54) is 18.4 Å². The molecule has 0 aliphatic carbocycles. The zero-order chi connectivity index (χ0) is 16.5. The molecule has 2 rings (SSSR count). The highest BCUT2D eigenvalue weighted by Crippen LogP contribution is 2.25. The van der Waals surface area contributed by atoms with E-state index in [2.05, 4.69) is 12.2 Å². The Morgan fingerprint density at radius 1 is 1.04 bits per heavy atom. The Labute approximate surface area is 137 Å². The number of rotatable bonds is 8. The van der Waals surface area contributed by atoms with Gasteiger partial charge in [-0.25, -0.2) is 0 Å². The Bertz CT molecular complexity index is 623. The Morgan fingerprint density at radius 2 is 1.74 bits per heavy atom. The van der Waals surface area contributed by atoms with Gasteiger partial charge < -0.3 is 14.8 Å². The molecule has 0 spiro atoms. The summed E-state index contributed by atoms with van der Waals surface area (Å²) < 4.78 is 10.7. The minimum Gasteiger partial charge on any atom is -0.493 e. The lowest BCUT2D eigenvalue weighted by Crippen LogP contribution is -2.20. The monoisotopic (exact) mass is 313 g/mol. The molecule has 0 radical (unpaired) electrons. The summed E-state index contributed by atoms with van der Waals surface area (Å²) in [6, 6.07) is 15.2. The van der Waals surface area contributed by atoms with Gasteiger partial charge in [-0.15, -0.1) is 0 Å². The van der Waals surface area contributed by atoms with Gasteiger partial charge in [-0.2, -0.15) is 0 Å². The molecule has 0 fully saturated rings. The van der Waals surface area contributed by atoms with E-state index >= 15 is 0 Å². The second-order valence-corrected chi connectivity index (χ2v) is 5.29. The van der Waals surface area contributed by atoms with Crippen LogP contribution in [0, 0.1) is 0 Å². The molecule has 0 atom stereocenters. The van der Waals surface area contributed by atoms with Crippen LogP contribution >= 0.6 is 0 Å². The maximum absolute atomic E-state index is 12.0. The summed E-state index contributed by atoms with van der Waals surface area (Å²) in [6.45, 7) is 2.12. The minimum atomic E-state index is -0.197. The van der Waals surface area contributed by atoms with Crippen molar-refractivity contribution in [3.63, 3.8) is 0 Å². The molecule has 0 aliphatic rings. The molecule has 0 aromatic heterocycles. The van der Waals surface area contributed by atoms with Crippen LogP contribution in [-0.4, -0.2) is 19.6 Å². The number of methoxy groups -OCH3 is 1. The normalized spacial score (nSPS) is 10.2. The molecule has 0 heterocycles. The number of ether oxygens (including phenoxy) is 2. The second-order valence-electron chi connectivity index (χ2n) is 5.29. The minimum absolute atomic E-state index is 0.0576. The van der Waals surface area contributed by atoms with Crippen molar-refractivity contribution in [3.8, 4) is 11.5 Å². The smallest absolute Gasteiger partial charge is 0.262 e. The summed E-state index contributed by atoms with van der Waals surface area (Å²) in [5, 5.41) is 2.83. The van der Waals surface area contributed by atoms with Crippen LogP contribution in [0.15, 0.2) is 48.5 Å². The van der Waals surface area contributed by atoms with E-state index < -0.39 is 0 Å². The fourth-order valence-corrected chi connectivity index (χ4v) is 2.21. The summed E-state index contributed by atoms with van der Waals surface area (Å²) in [6.07, 6.45) is 3.43. The maximum atomic E-state index is 12.0. The second kappa shape index (κ2) is 8.83. The van der Waals surface area contributed by atoms with E-state index in [0.717, 1.165) is 12.1 Å². The number of amides is 1. The average Bonchev–Trinajstić information content (AvgIpc) is 2.59. The van der Waals surface area contributed by atoms with E-state index in [-0.39, 0.29) is 12.5 Å². The van der Waals surface area contributed by atoms with Crippen molar-refractivity contribution in [1.29, 1.82) is 0 Å². The van der Waals surface area contributed by atoms with Crippen molar-refractivity contribution in [2.45, 2.75) is 26.2 Å². The molecule has 2 aromatic carbocycles. The van der Waals surface area contributed by atoms with Crippen molar-refractivity contribution in [2.75, 3.05) is 19.0 Å². The van der Waals surface area contributed by atoms with Gasteiger partial charge in [0.2, 0.25) is 0 Å². The van der Waals surface area contributed by atoms with E-state index in [0.29, 0.717) is 11.5 Å². The maximum Gasteiger partial charge on any atom is 0.262 e. The summed E-state index contributed by atoms with van der Waals surface area (Å²) in [5.41, 5.74) is 2.06. The molecular formula is C19H23NO3. The standard InChI is InChI=1S/C19H23NO3/c1-3-4-7-15-10-12-16(13-11-15)20-19(21)14-23-18-9-6-5-8-17(18)22-2/h5-6,8-13H,3-4,7,14H2,1-2H3,(H,20,21). The van der Waals surface area contributed by atoms with Gasteiger partial charge in [0.05, 0.1) is 7.11 Å². The summed E-state index contributed by atoms with van der Waals surface area (Å²) in [4.78, 5) is 12.0. The third-order valence-corrected chi connectivity index (χ3v) is 3.48. The first kappa shape index (κ1) is 16.9. The molecule has 23 heavy (non-hydrogen) atoms. The van der Waals surface area contributed by atoms with Crippen molar-refractivity contribution in [1.82, 2.24) is 0 Å². The molecule has 0 saturated heterocycles. The molecule has 2 aromatic rings. The first-order chi connectivity index (χ1) is 11.2. The molecule has 1 amide bonds. The molecular weight excluding hydrogens is 290 g/mol. The number of unbranched alkanes of at least 4 members (excludes halogenated alkanes) is 1. The van der Waals surface area contributed by atoms with Gasteiger partial charge in [-0.1, -0.05) is 37.6 Å². The van der Waals surface area contributed by atoms with E-state index in [9.17, 15) is 4.79 Å². The Morgan fingerprint density at radius 3 is 2.39 bits per heavy atom. The topological polar surface area (TPSA) is 47.6 Å². The van der Waals surface area contributed by atoms with Crippen molar-refractivity contribution in [3.05, 3.63) is 54.1 Å². The molecule has 1 N–H and O–H groups in total. The van der Waals surface area contributed by atoms with E-state index in [1.54, 1.807) is 19.2 Å². The molecule has 0 saturated carbocycles. The lowest BCUT2D eigenvalue weighted by atomic mass is 10.1. The van der Waals surface area contributed by atoms with Crippen molar-refractivity contribution < 1.29 is 14.3 Å². The molecule has 0 aliphatic heterocycles. The first-order valence-corrected chi connectivity index (χ1v) is 7.87. The summed E-state index contributed by atoms with van der Waals surface area (Å²) in [5.74, 6) is 0.970. The number of anilines is 1. The third-order valence-electron chi connectivity index (χ3n) is 3.48. The van der Waals surface area contributed by atoms with Gasteiger partial charge in [0.25, 0.3) is 5.91 Å². The van der Waals surface area contributed by atoms with Crippen LogP contribution in [0.1, 0.15) is 25.3 Å². The fourth-order valence-electron chi connectivity index (χ4n) is 2.21. The summed E-state index contributed by atoms with van der Waals surface area (Å²) in [7, 11) is 1.57. The van der Waals surface area contributed by atoms with Crippen LogP contribution in [0.25, 0.3) is 0 Å². The Hall–Kier alpha value is -2.49. The molecule has 0 bridgehead atoms. The highest BCUT2D eigenvalue weighted by atomic mass is 16.5. The predicted octanol–water partition coefficient (Wildman–Crippen LogP) is 4.06. The third kappa shape index (κ3) is 5.33. The van der Waals surface area contributed by atoms with Gasteiger partial charge in [0.1, 0.15) is 0 Å². The number of nitrogens with one attached hydrogen (secondary N) is 1. The van der Waals surface area contributed by atoms with Gasteiger partial charge in [-0.05, 0) is 42.7 Å². The number of aryl methyl sites for hydroxylation is 1. The number of carbonyl (C=O) groups excluding carboxylic acids is 1. The fraction of sp³-hybridized carbons (Fsp3) is 0.316. The SMILES string of the molecule is CCCCc1ccc(NC(=O)COc2ccccc2OC)cc1. The van der Waals surface area contributed by atoms with Crippen LogP contribution in [0.5, 0.6) is 11.5 Å². The summed E-state index contributed by atoms with van der Waals surface area (Å²) >= 11 is 0. The number of carbonyl (C=O) groups is 1. The Balaban J connectivity index is 1.84. The van der Waals surface area contributed by atoms with Crippen LogP contribution in [-0.2, 0) is 11.2 Å². The largest absolute Gasteiger partial charge is 0.493 e. The number of benzene rings is 2. The number of hydrogen-bond donors (Lipinski definition) is 1. The molecule has 4 nitrogen and oxygen atoms in total. The van der Waals surface area contributed by atoms with Gasteiger partial charge in [0.15, 0.2) is 18.1 Å². The lowest BCUT2D eigenvalue weighted by Gasteiger charge is -2.10. The predicted molar refractivity (Wildman–Crippen MR) is 92.2 cm³/mol. The van der Waals surface area contributed by atoms with Crippen LogP contribution in [0.4, 0.5) is 5.69 Å². The van der Waals surface area contributed by atoms with Crippen molar-refractivity contribution >= 4 is 11.6 Å². The van der Waals surface area contributed by atoms with Gasteiger partial charge in [0, 0.05) is 5.69 Å². The number of para-hydroxylation sites is 2. The van der Waals surface area contributed by atoms with E-state index in [4.69, 9.17) is 9.47 Å². The highest BCUT2D eigenvalue weighted by molar-refractivity contribution is 5.91. The van der Waals surface area contributed by atoms with Crippen LogP contribution < -0.4 is 14.8 Å². The van der Waals surface area contributed by atoms with Crippen molar-refractivity contribution in [2.24, 2.45) is 0 Å². The van der Waals surface area contributed by atoms with Crippen LogP contribution in [0.3, 0.4) is 0 Å².